The maximum absolute atomic E-state index is 14.3. The van der Waals surface area contributed by atoms with Crippen LogP contribution in [-0.4, -0.2) is 55.8 Å². The highest BCUT2D eigenvalue weighted by Gasteiger charge is 2.21. The number of methoxy groups -OCH3 is 1. The van der Waals surface area contributed by atoms with Crippen molar-refractivity contribution in [3.05, 3.63) is 70.9 Å². The van der Waals surface area contributed by atoms with Crippen molar-refractivity contribution in [1.82, 2.24) is 15.2 Å². The molecule has 0 bridgehead atoms. The molecule has 0 spiro atoms. The molecule has 1 atom stereocenters. The number of nitrogens with two attached hydrogens (primary N) is 1. The van der Waals surface area contributed by atoms with Crippen LogP contribution in [0.4, 0.5) is 25.1 Å². The number of benzene rings is 2. The Bertz CT molecular complexity index is 1230. The van der Waals surface area contributed by atoms with E-state index in [9.17, 15) is 13.6 Å². The zero-order valence-electron chi connectivity index (χ0n) is 21.6. The van der Waals surface area contributed by atoms with Gasteiger partial charge in [0.2, 0.25) is 0 Å². The van der Waals surface area contributed by atoms with Crippen LogP contribution in [0.5, 0.6) is 5.75 Å². The fourth-order valence-electron chi connectivity index (χ4n) is 3.77. The summed E-state index contributed by atoms with van der Waals surface area (Å²) in [5.74, 6) is -1.14. The molecule has 0 radical (unpaired) electrons. The number of likely N-dealkylation sites (N-methyl/N-ethyl adjacent to an activating group) is 1. The maximum Gasteiger partial charge on any atom is 0.319 e. The van der Waals surface area contributed by atoms with E-state index in [2.05, 4.69) is 27.4 Å². The molecule has 38 heavy (non-hydrogen) atoms. The van der Waals surface area contributed by atoms with E-state index in [0.717, 1.165) is 37.3 Å². The lowest BCUT2D eigenvalue weighted by Gasteiger charge is -2.20. The molecule has 1 unspecified atom stereocenters. The molecule has 11 heteroatoms. The summed E-state index contributed by atoms with van der Waals surface area (Å²) in [7, 11) is 1.66. The molecule has 0 aliphatic rings. The number of nitrogen functional groups attached to an aromatic ring is 1. The first kappa shape index (κ1) is 29.1. The average Bonchev–Trinajstić information content (AvgIpc) is 2.90. The summed E-state index contributed by atoms with van der Waals surface area (Å²) < 4.78 is 39.1. The number of amides is 2. The van der Waals surface area contributed by atoms with Gasteiger partial charge in [-0.25, -0.2) is 18.6 Å². The Morgan fingerprint density at radius 1 is 1.13 bits per heavy atom. The van der Waals surface area contributed by atoms with Crippen molar-refractivity contribution in [3.8, 4) is 16.9 Å². The summed E-state index contributed by atoms with van der Waals surface area (Å²) in [4.78, 5) is 18.6. The van der Waals surface area contributed by atoms with E-state index >= 15 is 0 Å². The first-order chi connectivity index (χ1) is 18.2. The van der Waals surface area contributed by atoms with Crippen LogP contribution in [0, 0.1) is 11.6 Å². The zero-order chi connectivity index (χ0) is 27.7. The second-order valence-corrected chi connectivity index (χ2v) is 8.89. The Labute approximate surface area is 226 Å². The molecule has 2 amide bonds. The molecule has 1 heterocycles. The van der Waals surface area contributed by atoms with Crippen LogP contribution in [0.15, 0.2) is 48.7 Å². The largest absolute Gasteiger partial charge is 0.482 e. The quantitative estimate of drug-likeness (QED) is 0.259. The third kappa shape index (κ3) is 7.77. The van der Waals surface area contributed by atoms with Crippen LogP contribution in [0.3, 0.4) is 0 Å². The Kier molecular flexibility index (Phi) is 10.6. The van der Waals surface area contributed by atoms with Gasteiger partial charge in [-0.1, -0.05) is 30.7 Å². The minimum Gasteiger partial charge on any atom is -0.482 e. The van der Waals surface area contributed by atoms with Gasteiger partial charge in [-0.2, -0.15) is 0 Å². The number of rotatable bonds is 12. The monoisotopic (exact) mass is 547 g/mol. The molecule has 0 aliphatic carbocycles. The molecule has 0 fully saturated rings. The molecule has 3 aromatic rings. The van der Waals surface area contributed by atoms with Crippen molar-refractivity contribution >= 4 is 29.1 Å². The smallest absolute Gasteiger partial charge is 0.319 e. The predicted molar refractivity (Wildman–Crippen MR) is 146 cm³/mol. The summed E-state index contributed by atoms with van der Waals surface area (Å²) in [6, 6.07) is 10.4. The number of halogens is 3. The second-order valence-electron chi connectivity index (χ2n) is 8.51. The van der Waals surface area contributed by atoms with Crippen LogP contribution in [0.1, 0.15) is 25.5 Å². The Morgan fingerprint density at radius 2 is 1.84 bits per heavy atom. The molecule has 0 aliphatic heterocycles. The van der Waals surface area contributed by atoms with E-state index in [1.807, 2.05) is 12.1 Å². The Hall–Kier alpha value is -3.47. The van der Waals surface area contributed by atoms with Crippen molar-refractivity contribution in [2.45, 2.75) is 20.0 Å². The van der Waals surface area contributed by atoms with Crippen molar-refractivity contribution in [2.75, 3.05) is 50.9 Å². The predicted octanol–water partition coefficient (Wildman–Crippen LogP) is 5.49. The molecule has 3 rings (SSSR count). The lowest BCUT2D eigenvalue weighted by atomic mass is 10.1. The van der Waals surface area contributed by atoms with E-state index in [0.29, 0.717) is 24.4 Å². The normalized spacial score (nSPS) is 11.9. The van der Waals surface area contributed by atoms with Crippen LogP contribution < -0.4 is 21.1 Å². The maximum atomic E-state index is 14.3. The van der Waals surface area contributed by atoms with Gasteiger partial charge in [-0.3, -0.25) is 4.90 Å². The van der Waals surface area contributed by atoms with Crippen LogP contribution in [0.25, 0.3) is 11.1 Å². The average molecular weight is 548 g/mol. The molecular formula is C27H32ClF2N5O3. The fourth-order valence-corrected chi connectivity index (χ4v) is 4.08. The number of hydrogen-bond donors (Lipinski definition) is 3. The van der Waals surface area contributed by atoms with Crippen molar-refractivity contribution in [2.24, 2.45) is 0 Å². The molecule has 2 aromatic carbocycles. The Morgan fingerprint density at radius 3 is 2.53 bits per heavy atom. The van der Waals surface area contributed by atoms with E-state index in [1.165, 1.54) is 0 Å². The number of ether oxygens (including phenoxy) is 2. The minimum absolute atomic E-state index is 0.0901. The fraction of sp³-hybridized carbons (Fsp3) is 0.333. The summed E-state index contributed by atoms with van der Waals surface area (Å²) >= 11 is 5.96. The number of anilines is 2. The number of hydrogen-bond acceptors (Lipinski definition) is 6. The molecule has 204 valence electrons. The van der Waals surface area contributed by atoms with Gasteiger partial charge in [0, 0.05) is 49.8 Å². The highest BCUT2D eigenvalue weighted by molar-refractivity contribution is 6.31. The number of carbonyl (C=O) groups excluding carboxylic acids is 1. The van der Waals surface area contributed by atoms with Crippen molar-refractivity contribution in [1.29, 1.82) is 0 Å². The number of carbonyl (C=O) groups is 1. The Balaban J connectivity index is 1.62. The van der Waals surface area contributed by atoms with Crippen LogP contribution >= 0.6 is 11.6 Å². The SMILES string of the molecule is CCN(CCNC(=O)Nc1ccc(-c2cnc(N)c(OC(C)c3c(F)ccc(F)c3Cl)c2)cc1)CCOC. The van der Waals surface area contributed by atoms with E-state index in [4.69, 9.17) is 26.8 Å². The van der Waals surface area contributed by atoms with Gasteiger partial charge in [0.15, 0.2) is 11.6 Å². The minimum atomic E-state index is -0.924. The number of aromatic nitrogens is 1. The molecule has 1 aromatic heterocycles. The summed E-state index contributed by atoms with van der Waals surface area (Å²) in [6.07, 6.45) is 0.646. The number of nitrogens with one attached hydrogen (secondary N) is 2. The topological polar surface area (TPSA) is 102 Å². The number of pyridine rings is 1. The van der Waals surface area contributed by atoms with Gasteiger partial charge in [-0.05, 0) is 49.4 Å². The van der Waals surface area contributed by atoms with Gasteiger partial charge in [0.25, 0.3) is 0 Å². The van der Waals surface area contributed by atoms with Gasteiger partial charge in [0.1, 0.15) is 17.7 Å². The first-order valence-corrected chi connectivity index (χ1v) is 12.5. The summed E-state index contributed by atoms with van der Waals surface area (Å²) in [5.41, 5.74) is 7.94. The van der Waals surface area contributed by atoms with Crippen molar-refractivity contribution in [3.63, 3.8) is 0 Å². The van der Waals surface area contributed by atoms with E-state index < -0.39 is 17.7 Å². The third-order valence-corrected chi connectivity index (χ3v) is 6.30. The molecule has 4 N–H and O–H groups in total. The van der Waals surface area contributed by atoms with Gasteiger partial charge in [0.05, 0.1) is 11.6 Å². The standard InChI is InChI=1S/C27H32ClF2N5O3/c1-4-35(13-14-37-3)12-11-32-27(36)34-20-7-5-18(6-8-20)19-15-23(26(31)33-16-19)38-17(2)24-21(29)9-10-22(30)25(24)28/h5-10,15-17H,4,11-14H2,1-3H3,(H2,31,33)(H2,32,34,36). The van der Waals surface area contributed by atoms with E-state index in [-0.39, 0.29) is 28.2 Å². The lowest BCUT2D eigenvalue weighted by molar-refractivity contribution is 0.151. The lowest BCUT2D eigenvalue weighted by Crippen LogP contribution is -2.38. The van der Waals surface area contributed by atoms with Gasteiger partial charge in [-0.15, -0.1) is 0 Å². The third-order valence-electron chi connectivity index (χ3n) is 5.92. The summed E-state index contributed by atoms with van der Waals surface area (Å²) in [5, 5.41) is 5.30. The molecular weight excluding hydrogens is 516 g/mol. The van der Waals surface area contributed by atoms with Crippen LogP contribution in [0.2, 0.25) is 5.02 Å². The zero-order valence-corrected chi connectivity index (χ0v) is 22.3. The molecule has 8 nitrogen and oxygen atoms in total. The van der Waals surface area contributed by atoms with Crippen molar-refractivity contribution < 1.29 is 23.0 Å². The molecule has 0 saturated heterocycles. The number of urea groups is 1. The summed E-state index contributed by atoms with van der Waals surface area (Å²) in [6.45, 7) is 7.14. The highest BCUT2D eigenvalue weighted by atomic mass is 35.5. The molecule has 0 saturated carbocycles. The van der Waals surface area contributed by atoms with Crippen LogP contribution in [-0.2, 0) is 4.74 Å². The second kappa shape index (κ2) is 13.9. The first-order valence-electron chi connectivity index (χ1n) is 12.2. The van der Waals surface area contributed by atoms with E-state index in [1.54, 1.807) is 38.4 Å². The van der Waals surface area contributed by atoms with Gasteiger partial charge < -0.3 is 25.8 Å². The highest BCUT2D eigenvalue weighted by Crippen LogP contribution is 2.34. The number of nitrogens with zero attached hydrogens (tertiary/aromatic N) is 2. The van der Waals surface area contributed by atoms with Gasteiger partial charge >= 0.3 is 6.03 Å².